The fourth-order valence-electron chi connectivity index (χ4n) is 3.47. The number of aromatic nitrogens is 1. The number of carbonyl (C=O) groups excluding carboxylic acids is 1. The Balaban J connectivity index is 1.71. The molecule has 0 atom stereocenters. The highest BCUT2D eigenvalue weighted by molar-refractivity contribution is 7.13. The Bertz CT molecular complexity index is 1030. The molecule has 2 aromatic carbocycles. The molecule has 1 aliphatic heterocycles. The molecule has 0 aliphatic carbocycles. The molecule has 0 spiro atoms. The summed E-state index contributed by atoms with van der Waals surface area (Å²) in [5.74, 6) is 1.22. The third kappa shape index (κ3) is 3.23. The summed E-state index contributed by atoms with van der Waals surface area (Å²) in [6.07, 6.45) is 1.66. The fraction of sp³-hybridized carbons (Fsp3) is 0.238. The van der Waals surface area contributed by atoms with Crippen molar-refractivity contribution in [2.45, 2.75) is 12.8 Å². The van der Waals surface area contributed by atoms with Crippen molar-refractivity contribution in [1.29, 1.82) is 0 Å². The molecule has 1 aliphatic rings. The number of rotatable bonds is 4. The molecule has 5 nitrogen and oxygen atoms in total. The highest BCUT2D eigenvalue weighted by atomic mass is 35.5. The van der Waals surface area contributed by atoms with Gasteiger partial charge in [0.1, 0.15) is 22.2 Å². The number of hydrogen-bond donors (Lipinski definition) is 0. The number of anilines is 1. The van der Waals surface area contributed by atoms with E-state index in [1.165, 1.54) is 11.3 Å². The standard InChI is InChI=1S/C21H19ClN2O3S/c1-26-17-8-4-3-6-14(17)20-23-16(12-28-20)21(25)24-11-5-7-13-15(22)9-10-18(27-2)19(13)24/h3-4,6,8-10,12H,5,7,11H2,1-2H3. The van der Waals surface area contributed by atoms with Crippen molar-refractivity contribution in [3.8, 4) is 22.1 Å². The van der Waals surface area contributed by atoms with Gasteiger partial charge in [-0.25, -0.2) is 4.98 Å². The highest BCUT2D eigenvalue weighted by Gasteiger charge is 2.29. The smallest absolute Gasteiger partial charge is 0.277 e. The first-order chi connectivity index (χ1) is 13.6. The lowest BCUT2D eigenvalue weighted by Crippen LogP contribution is -2.36. The number of amides is 1. The van der Waals surface area contributed by atoms with Crippen LogP contribution < -0.4 is 14.4 Å². The van der Waals surface area contributed by atoms with Crippen LogP contribution >= 0.6 is 22.9 Å². The SMILES string of the molecule is COc1ccccc1-c1nc(C(=O)N2CCCc3c(Cl)ccc(OC)c32)cs1. The minimum atomic E-state index is -0.154. The van der Waals surface area contributed by atoms with Gasteiger partial charge in [0, 0.05) is 16.9 Å². The summed E-state index contributed by atoms with van der Waals surface area (Å²) >= 11 is 7.81. The van der Waals surface area contributed by atoms with Crippen LogP contribution in [0.2, 0.25) is 5.02 Å². The fourth-order valence-corrected chi connectivity index (χ4v) is 4.54. The van der Waals surface area contributed by atoms with Gasteiger partial charge in [-0.2, -0.15) is 0 Å². The minimum absolute atomic E-state index is 0.154. The summed E-state index contributed by atoms with van der Waals surface area (Å²) in [4.78, 5) is 19.6. The first-order valence-electron chi connectivity index (χ1n) is 8.90. The van der Waals surface area contributed by atoms with Gasteiger partial charge in [0.25, 0.3) is 5.91 Å². The van der Waals surface area contributed by atoms with Crippen LogP contribution in [-0.4, -0.2) is 31.7 Å². The van der Waals surface area contributed by atoms with Crippen LogP contribution in [0.4, 0.5) is 5.69 Å². The first-order valence-corrected chi connectivity index (χ1v) is 10.2. The van der Waals surface area contributed by atoms with Crippen molar-refractivity contribution < 1.29 is 14.3 Å². The van der Waals surface area contributed by atoms with Crippen molar-refractivity contribution in [2.75, 3.05) is 25.7 Å². The van der Waals surface area contributed by atoms with Crippen LogP contribution in [0.3, 0.4) is 0 Å². The number of ether oxygens (including phenoxy) is 2. The molecule has 7 heteroatoms. The van der Waals surface area contributed by atoms with Crippen LogP contribution in [0, 0.1) is 0 Å². The monoisotopic (exact) mass is 414 g/mol. The summed E-state index contributed by atoms with van der Waals surface area (Å²) in [7, 11) is 3.22. The number of halogens is 1. The Kier molecular flexibility index (Phi) is 5.24. The number of hydrogen-bond acceptors (Lipinski definition) is 5. The number of carbonyl (C=O) groups is 1. The number of methoxy groups -OCH3 is 2. The Hall–Kier alpha value is -2.57. The molecule has 0 radical (unpaired) electrons. The lowest BCUT2D eigenvalue weighted by molar-refractivity contribution is 0.0980. The Morgan fingerprint density at radius 2 is 1.93 bits per heavy atom. The van der Waals surface area contributed by atoms with Crippen molar-refractivity contribution >= 4 is 34.5 Å². The second-order valence-corrected chi connectivity index (χ2v) is 7.64. The summed E-state index contributed by atoms with van der Waals surface area (Å²) < 4.78 is 10.9. The molecule has 0 bridgehead atoms. The lowest BCUT2D eigenvalue weighted by Gasteiger charge is -2.31. The van der Waals surface area contributed by atoms with Gasteiger partial charge in [0.15, 0.2) is 0 Å². The number of fused-ring (bicyclic) bond motifs is 1. The number of para-hydroxylation sites is 1. The number of benzene rings is 2. The van der Waals surface area contributed by atoms with Gasteiger partial charge in [-0.1, -0.05) is 23.7 Å². The average Bonchev–Trinajstić information content (AvgIpc) is 3.23. The molecular weight excluding hydrogens is 396 g/mol. The van der Waals surface area contributed by atoms with Crippen LogP contribution in [-0.2, 0) is 6.42 Å². The first kappa shape index (κ1) is 18.8. The van der Waals surface area contributed by atoms with Crippen LogP contribution in [0.25, 0.3) is 10.6 Å². The molecule has 0 fully saturated rings. The third-order valence-electron chi connectivity index (χ3n) is 4.79. The zero-order chi connectivity index (χ0) is 19.7. The maximum absolute atomic E-state index is 13.3. The third-order valence-corrected chi connectivity index (χ3v) is 6.02. The van der Waals surface area contributed by atoms with Crippen molar-refractivity contribution in [3.05, 3.63) is 58.1 Å². The van der Waals surface area contributed by atoms with Gasteiger partial charge in [-0.05, 0) is 42.7 Å². The molecule has 0 saturated carbocycles. The number of thiazole rings is 1. The lowest BCUT2D eigenvalue weighted by atomic mass is 10.0. The van der Waals surface area contributed by atoms with E-state index >= 15 is 0 Å². The van der Waals surface area contributed by atoms with E-state index in [1.807, 2.05) is 30.3 Å². The van der Waals surface area contributed by atoms with Crippen molar-refractivity contribution in [3.63, 3.8) is 0 Å². The van der Waals surface area contributed by atoms with E-state index in [-0.39, 0.29) is 5.91 Å². The Morgan fingerprint density at radius 3 is 2.71 bits per heavy atom. The van der Waals surface area contributed by atoms with Gasteiger partial charge in [0.05, 0.1) is 25.5 Å². The van der Waals surface area contributed by atoms with E-state index < -0.39 is 0 Å². The number of nitrogens with zero attached hydrogens (tertiary/aromatic N) is 2. The molecular formula is C21H19ClN2O3S. The molecule has 4 rings (SSSR count). The summed E-state index contributed by atoms with van der Waals surface area (Å²) in [6.45, 7) is 0.601. The average molecular weight is 415 g/mol. The van der Waals surface area contributed by atoms with Crippen molar-refractivity contribution in [1.82, 2.24) is 4.98 Å². The van der Waals surface area contributed by atoms with Crippen LogP contribution in [0.5, 0.6) is 11.5 Å². The summed E-state index contributed by atoms with van der Waals surface area (Å²) in [5, 5.41) is 3.19. The van der Waals surface area contributed by atoms with E-state index in [2.05, 4.69) is 4.98 Å². The van der Waals surface area contributed by atoms with E-state index in [0.29, 0.717) is 23.0 Å². The molecule has 28 heavy (non-hydrogen) atoms. The normalized spacial score (nSPS) is 13.2. The Labute approximate surface area is 172 Å². The van der Waals surface area contributed by atoms with Gasteiger partial charge in [-0.15, -0.1) is 11.3 Å². The second-order valence-electron chi connectivity index (χ2n) is 6.38. The van der Waals surface area contributed by atoms with Crippen molar-refractivity contribution in [2.24, 2.45) is 0 Å². The van der Waals surface area contributed by atoms with E-state index in [0.717, 1.165) is 40.4 Å². The highest BCUT2D eigenvalue weighted by Crippen LogP contribution is 2.41. The predicted octanol–water partition coefficient (Wildman–Crippen LogP) is 5.07. The largest absolute Gasteiger partial charge is 0.496 e. The maximum Gasteiger partial charge on any atom is 0.277 e. The topological polar surface area (TPSA) is 51.7 Å². The second kappa shape index (κ2) is 7.81. The Morgan fingerprint density at radius 1 is 1.14 bits per heavy atom. The predicted molar refractivity (Wildman–Crippen MR) is 112 cm³/mol. The molecule has 3 aromatic rings. The molecule has 1 amide bonds. The van der Waals surface area contributed by atoms with Crippen LogP contribution in [0.15, 0.2) is 41.8 Å². The molecule has 0 N–H and O–H groups in total. The van der Waals surface area contributed by atoms with Gasteiger partial charge in [-0.3, -0.25) is 4.79 Å². The zero-order valence-electron chi connectivity index (χ0n) is 15.6. The van der Waals surface area contributed by atoms with E-state index in [4.69, 9.17) is 21.1 Å². The summed E-state index contributed by atoms with van der Waals surface area (Å²) in [6, 6.07) is 11.3. The van der Waals surface area contributed by atoms with E-state index in [9.17, 15) is 4.79 Å². The van der Waals surface area contributed by atoms with E-state index in [1.54, 1.807) is 30.6 Å². The molecule has 2 heterocycles. The zero-order valence-corrected chi connectivity index (χ0v) is 17.1. The van der Waals surface area contributed by atoms with Crippen LogP contribution in [0.1, 0.15) is 22.5 Å². The molecule has 0 saturated heterocycles. The molecule has 144 valence electrons. The quantitative estimate of drug-likeness (QED) is 0.597. The van der Waals surface area contributed by atoms with Gasteiger partial charge < -0.3 is 14.4 Å². The van der Waals surface area contributed by atoms with Gasteiger partial charge >= 0.3 is 0 Å². The summed E-state index contributed by atoms with van der Waals surface area (Å²) in [5.41, 5.74) is 2.97. The minimum Gasteiger partial charge on any atom is -0.496 e. The van der Waals surface area contributed by atoms with Gasteiger partial charge in [0.2, 0.25) is 0 Å². The molecule has 0 unspecified atom stereocenters. The maximum atomic E-state index is 13.3. The molecule has 1 aromatic heterocycles.